The summed E-state index contributed by atoms with van der Waals surface area (Å²) in [5.41, 5.74) is 2.99. The molecule has 2 aromatic rings. The summed E-state index contributed by atoms with van der Waals surface area (Å²) in [7, 11) is 0. The number of anilines is 1. The van der Waals surface area contributed by atoms with E-state index >= 15 is 0 Å². The van der Waals surface area contributed by atoms with Gasteiger partial charge < -0.3 is 9.80 Å². The van der Waals surface area contributed by atoms with Gasteiger partial charge in [0.2, 0.25) is 0 Å². The van der Waals surface area contributed by atoms with E-state index in [1.165, 1.54) is 11.8 Å². The zero-order chi connectivity index (χ0) is 16.5. The quantitative estimate of drug-likeness (QED) is 0.793. The number of carbonyl (C=O) groups excluding carboxylic acids is 1. The van der Waals surface area contributed by atoms with Crippen molar-refractivity contribution in [2.24, 2.45) is 0 Å². The monoisotopic (exact) mass is 322 g/mol. The molecule has 0 amide bonds. The molecule has 1 fully saturated rings. The highest BCUT2D eigenvalue weighted by atomic mass is 19.1. The molecule has 3 nitrogen and oxygen atoms in total. The van der Waals surface area contributed by atoms with E-state index in [1.807, 2.05) is 24.4 Å². The summed E-state index contributed by atoms with van der Waals surface area (Å²) in [5.74, 6) is -0.312. The summed E-state index contributed by atoms with van der Waals surface area (Å²) in [6, 6.07) is 15.1. The first-order valence-electron chi connectivity index (χ1n) is 8.29. The molecule has 2 aliphatic rings. The van der Waals surface area contributed by atoms with Crippen molar-refractivity contribution >= 4 is 11.5 Å². The highest BCUT2D eigenvalue weighted by molar-refractivity contribution is 6.13. The van der Waals surface area contributed by atoms with Gasteiger partial charge in [0.1, 0.15) is 5.82 Å². The van der Waals surface area contributed by atoms with E-state index in [9.17, 15) is 9.18 Å². The molecule has 4 heteroatoms. The number of rotatable bonds is 2. The lowest BCUT2D eigenvalue weighted by Gasteiger charge is -2.35. The molecular weight excluding hydrogens is 303 g/mol. The van der Waals surface area contributed by atoms with Gasteiger partial charge in [0, 0.05) is 61.2 Å². The van der Waals surface area contributed by atoms with E-state index in [0.29, 0.717) is 23.1 Å². The van der Waals surface area contributed by atoms with Gasteiger partial charge in [0.15, 0.2) is 5.78 Å². The minimum Gasteiger partial charge on any atom is -0.373 e. The van der Waals surface area contributed by atoms with Crippen molar-refractivity contribution in [3.8, 4) is 0 Å². The summed E-state index contributed by atoms with van der Waals surface area (Å²) in [5, 5.41) is 0. The van der Waals surface area contributed by atoms with Gasteiger partial charge in [-0.15, -0.1) is 0 Å². The van der Waals surface area contributed by atoms with Crippen molar-refractivity contribution in [3.63, 3.8) is 0 Å². The summed E-state index contributed by atoms with van der Waals surface area (Å²) in [6.07, 6.45) is 2.34. The number of allylic oxidation sites excluding steroid dienone is 1. The third-order valence-electron chi connectivity index (χ3n) is 4.80. The van der Waals surface area contributed by atoms with Gasteiger partial charge in [-0.05, 0) is 18.2 Å². The lowest BCUT2D eigenvalue weighted by Crippen LogP contribution is -2.44. The largest absolute Gasteiger partial charge is 0.373 e. The Labute approximate surface area is 141 Å². The number of para-hydroxylation sites is 1. The molecule has 0 atom stereocenters. The van der Waals surface area contributed by atoms with Crippen LogP contribution in [0.15, 0.2) is 60.3 Å². The van der Waals surface area contributed by atoms with Crippen LogP contribution in [-0.4, -0.2) is 36.9 Å². The number of Topliss-reactive ketones (excluding diaryl/α,β-unsaturated/α-hetero) is 1. The topological polar surface area (TPSA) is 23.6 Å². The molecule has 0 radical (unpaired) electrons. The number of fused-ring (bicyclic) bond motifs is 1. The van der Waals surface area contributed by atoms with Gasteiger partial charge in [-0.3, -0.25) is 4.79 Å². The maximum Gasteiger partial charge on any atom is 0.191 e. The van der Waals surface area contributed by atoms with Gasteiger partial charge in [0.05, 0.1) is 0 Å². The zero-order valence-corrected chi connectivity index (χ0v) is 13.4. The van der Waals surface area contributed by atoms with Gasteiger partial charge in [-0.25, -0.2) is 4.39 Å². The van der Waals surface area contributed by atoms with Crippen molar-refractivity contribution in [1.82, 2.24) is 4.90 Å². The second-order valence-electron chi connectivity index (χ2n) is 6.28. The highest BCUT2D eigenvalue weighted by Crippen LogP contribution is 2.29. The molecule has 0 saturated carbocycles. The van der Waals surface area contributed by atoms with Gasteiger partial charge >= 0.3 is 0 Å². The van der Waals surface area contributed by atoms with Crippen LogP contribution in [0, 0.1) is 5.82 Å². The third-order valence-corrected chi connectivity index (χ3v) is 4.80. The SMILES string of the molecule is O=C1/C(=C/N2CCN(c3ccccc3)CC2)Cc2c(F)cccc21. The van der Waals surface area contributed by atoms with E-state index in [-0.39, 0.29) is 11.6 Å². The predicted octanol–water partition coefficient (Wildman–Crippen LogP) is 3.27. The van der Waals surface area contributed by atoms with Crippen LogP contribution < -0.4 is 4.90 Å². The van der Waals surface area contributed by atoms with Crippen LogP contribution in [0.4, 0.5) is 10.1 Å². The molecule has 24 heavy (non-hydrogen) atoms. The van der Waals surface area contributed by atoms with Crippen molar-refractivity contribution in [3.05, 3.63) is 77.2 Å². The zero-order valence-electron chi connectivity index (χ0n) is 13.4. The molecule has 1 heterocycles. The van der Waals surface area contributed by atoms with Crippen LogP contribution in [0.25, 0.3) is 0 Å². The first-order valence-corrected chi connectivity index (χ1v) is 8.29. The number of carbonyl (C=O) groups is 1. The van der Waals surface area contributed by atoms with Gasteiger partial charge in [-0.2, -0.15) is 0 Å². The van der Waals surface area contributed by atoms with Crippen LogP contribution in [-0.2, 0) is 6.42 Å². The lowest BCUT2D eigenvalue weighted by atomic mass is 10.1. The standard InChI is InChI=1S/C20H19FN2O/c21-19-8-4-7-17-18(19)13-15(20(17)24)14-22-9-11-23(12-10-22)16-5-2-1-3-6-16/h1-8,14H,9-13H2/b15-14+. The summed E-state index contributed by atoms with van der Waals surface area (Å²) >= 11 is 0. The summed E-state index contributed by atoms with van der Waals surface area (Å²) < 4.78 is 13.9. The molecule has 0 unspecified atom stereocenters. The van der Waals surface area contributed by atoms with Gasteiger partial charge in [0.25, 0.3) is 0 Å². The molecule has 0 spiro atoms. The Morgan fingerprint density at radius 3 is 2.38 bits per heavy atom. The fourth-order valence-corrected chi connectivity index (χ4v) is 3.47. The number of hydrogen-bond acceptors (Lipinski definition) is 3. The number of ketones is 1. The predicted molar refractivity (Wildman–Crippen MR) is 92.7 cm³/mol. The molecule has 2 aromatic carbocycles. The van der Waals surface area contributed by atoms with E-state index in [4.69, 9.17) is 0 Å². The Bertz CT molecular complexity index is 793. The van der Waals surface area contributed by atoms with E-state index in [1.54, 1.807) is 12.1 Å². The molecule has 0 N–H and O–H groups in total. The molecule has 1 aliphatic heterocycles. The minimum atomic E-state index is -0.279. The van der Waals surface area contributed by atoms with Crippen LogP contribution in [0.3, 0.4) is 0 Å². The maximum absolute atomic E-state index is 13.9. The first kappa shape index (κ1) is 14.9. The smallest absolute Gasteiger partial charge is 0.191 e. The Morgan fingerprint density at radius 1 is 0.917 bits per heavy atom. The van der Waals surface area contributed by atoms with Gasteiger partial charge in [-0.1, -0.05) is 30.3 Å². The number of benzene rings is 2. The number of piperazine rings is 1. The summed E-state index contributed by atoms with van der Waals surface area (Å²) in [4.78, 5) is 17.0. The van der Waals surface area contributed by atoms with Crippen LogP contribution in [0.2, 0.25) is 0 Å². The molecule has 4 rings (SSSR count). The second-order valence-corrected chi connectivity index (χ2v) is 6.28. The second kappa shape index (κ2) is 6.11. The molecule has 122 valence electrons. The summed E-state index contributed by atoms with van der Waals surface area (Å²) in [6.45, 7) is 3.57. The maximum atomic E-state index is 13.9. The Morgan fingerprint density at radius 2 is 1.67 bits per heavy atom. The van der Waals surface area contributed by atoms with E-state index < -0.39 is 0 Å². The fourth-order valence-electron chi connectivity index (χ4n) is 3.47. The van der Waals surface area contributed by atoms with Crippen LogP contribution in [0.1, 0.15) is 15.9 Å². The van der Waals surface area contributed by atoms with Crippen LogP contribution >= 0.6 is 0 Å². The number of halogens is 1. The van der Waals surface area contributed by atoms with Crippen LogP contribution in [0.5, 0.6) is 0 Å². The molecular formula is C20H19FN2O. The lowest BCUT2D eigenvalue weighted by molar-refractivity contribution is 0.103. The molecule has 1 aliphatic carbocycles. The minimum absolute atomic E-state index is 0.0324. The van der Waals surface area contributed by atoms with Crippen molar-refractivity contribution < 1.29 is 9.18 Å². The third kappa shape index (κ3) is 2.68. The first-order chi connectivity index (χ1) is 11.7. The van der Waals surface area contributed by atoms with E-state index in [2.05, 4.69) is 21.9 Å². The molecule has 1 saturated heterocycles. The van der Waals surface area contributed by atoms with E-state index in [0.717, 1.165) is 26.2 Å². The number of nitrogens with zero attached hydrogens (tertiary/aromatic N) is 2. The van der Waals surface area contributed by atoms with Crippen molar-refractivity contribution in [2.45, 2.75) is 6.42 Å². The normalized spacial score (nSPS) is 19.0. The Kier molecular flexibility index (Phi) is 3.81. The van der Waals surface area contributed by atoms with Crippen molar-refractivity contribution in [2.75, 3.05) is 31.1 Å². The Balaban J connectivity index is 1.45. The molecule has 0 aromatic heterocycles. The Hall–Kier alpha value is -2.62. The number of hydrogen-bond donors (Lipinski definition) is 0. The average Bonchev–Trinajstić information content (AvgIpc) is 2.94. The fraction of sp³-hybridized carbons (Fsp3) is 0.250. The molecule has 0 bridgehead atoms. The highest BCUT2D eigenvalue weighted by Gasteiger charge is 2.28. The van der Waals surface area contributed by atoms with Crippen molar-refractivity contribution in [1.29, 1.82) is 0 Å². The average molecular weight is 322 g/mol.